The lowest BCUT2D eigenvalue weighted by Gasteiger charge is -1.97. The van der Waals surface area contributed by atoms with Crippen molar-refractivity contribution in [1.82, 2.24) is 15.3 Å². The minimum absolute atomic E-state index is 0.589. The average Bonchev–Trinajstić information content (AvgIpc) is 2.91. The van der Waals surface area contributed by atoms with E-state index in [2.05, 4.69) is 15.3 Å². The monoisotopic (exact) mass is 195 g/mol. The number of hydrogen-bond donors (Lipinski definition) is 2. The number of imidazole rings is 1. The van der Waals surface area contributed by atoms with Crippen molar-refractivity contribution in [2.75, 3.05) is 7.11 Å². The number of aromatic nitrogens is 2. The molecule has 2 N–H and O–H groups in total. The number of hydrogen-bond acceptors (Lipinski definition) is 3. The lowest BCUT2D eigenvalue weighted by Crippen LogP contribution is -2.16. The van der Waals surface area contributed by atoms with Gasteiger partial charge in [0, 0.05) is 18.8 Å². The molecule has 0 radical (unpaired) electrons. The molecular weight excluding hydrogens is 178 g/mol. The maximum atomic E-state index is 5.06. The molecule has 1 aliphatic carbocycles. The highest BCUT2D eigenvalue weighted by Gasteiger charge is 2.20. The minimum Gasteiger partial charge on any atom is -0.378 e. The van der Waals surface area contributed by atoms with Gasteiger partial charge in [0.15, 0.2) is 0 Å². The predicted octanol–water partition coefficient (Wildman–Crippen LogP) is 1.12. The predicted molar refractivity (Wildman–Crippen MR) is 53.9 cm³/mol. The van der Waals surface area contributed by atoms with Gasteiger partial charge in [-0.3, -0.25) is 0 Å². The Balaban J connectivity index is 1.92. The first kappa shape index (κ1) is 9.68. The molecule has 4 heteroatoms. The van der Waals surface area contributed by atoms with Crippen LogP contribution in [0.5, 0.6) is 0 Å². The molecule has 1 aliphatic rings. The minimum atomic E-state index is 0.589. The zero-order valence-corrected chi connectivity index (χ0v) is 8.76. The molecule has 4 nitrogen and oxygen atoms in total. The molecule has 1 aromatic heterocycles. The van der Waals surface area contributed by atoms with Gasteiger partial charge in [-0.05, 0) is 19.8 Å². The zero-order chi connectivity index (χ0) is 9.97. The molecule has 0 saturated heterocycles. The number of rotatable bonds is 5. The third-order valence-electron chi connectivity index (χ3n) is 2.45. The summed E-state index contributed by atoms with van der Waals surface area (Å²) in [5.74, 6) is 1.02. The van der Waals surface area contributed by atoms with Crippen LogP contribution in [0.25, 0.3) is 0 Å². The summed E-state index contributed by atoms with van der Waals surface area (Å²) in [7, 11) is 1.69. The fraction of sp³-hybridized carbons (Fsp3) is 0.700. The second kappa shape index (κ2) is 4.11. The largest absolute Gasteiger partial charge is 0.378 e. The molecule has 0 spiro atoms. The van der Waals surface area contributed by atoms with Crippen LogP contribution in [0.2, 0.25) is 0 Å². The van der Waals surface area contributed by atoms with Crippen LogP contribution in [0.1, 0.15) is 30.1 Å². The van der Waals surface area contributed by atoms with Crippen molar-refractivity contribution in [2.24, 2.45) is 0 Å². The molecule has 14 heavy (non-hydrogen) atoms. The third kappa shape index (κ3) is 2.33. The highest BCUT2D eigenvalue weighted by Crippen LogP contribution is 2.19. The van der Waals surface area contributed by atoms with Gasteiger partial charge in [0.25, 0.3) is 0 Å². The van der Waals surface area contributed by atoms with E-state index < -0.39 is 0 Å². The van der Waals surface area contributed by atoms with E-state index in [0.29, 0.717) is 6.61 Å². The summed E-state index contributed by atoms with van der Waals surface area (Å²) in [4.78, 5) is 7.72. The molecule has 0 atom stereocenters. The Bertz CT molecular complexity index is 304. The highest BCUT2D eigenvalue weighted by atomic mass is 16.5. The van der Waals surface area contributed by atoms with Crippen molar-refractivity contribution >= 4 is 0 Å². The van der Waals surface area contributed by atoms with E-state index in [-0.39, 0.29) is 0 Å². The molecule has 0 unspecified atom stereocenters. The van der Waals surface area contributed by atoms with Gasteiger partial charge in [0.05, 0.1) is 18.8 Å². The number of nitrogens with zero attached hydrogens (tertiary/aromatic N) is 1. The third-order valence-corrected chi connectivity index (χ3v) is 2.45. The Morgan fingerprint density at radius 2 is 2.36 bits per heavy atom. The maximum absolute atomic E-state index is 5.06. The van der Waals surface area contributed by atoms with Gasteiger partial charge in [-0.15, -0.1) is 0 Å². The summed E-state index contributed by atoms with van der Waals surface area (Å²) < 4.78 is 5.06. The number of aryl methyl sites for hydroxylation is 1. The summed E-state index contributed by atoms with van der Waals surface area (Å²) >= 11 is 0. The number of methoxy groups -OCH3 is 1. The molecule has 1 fully saturated rings. The first-order valence-corrected chi connectivity index (χ1v) is 5.06. The van der Waals surface area contributed by atoms with E-state index >= 15 is 0 Å². The van der Waals surface area contributed by atoms with Crippen LogP contribution in [0.15, 0.2) is 0 Å². The fourth-order valence-electron chi connectivity index (χ4n) is 1.45. The summed E-state index contributed by atoms with van der Waals surface area (Å²) in [6.45, 7) is 3.46. The van der Waals surface area contributed by atoms with Crippen LogP contribution in [-0.2, 0) is 17.9 Å². The van der Waals surface area contributed by atoms with Gasteiger partial charge < -0.3 is 15.0 Å². The van der Waals surface area contributed by atoms with Crippen molar-refractivity contribution in [3.8, 4) is 0 Å². The van der Waals surface area contributed by atoms with Gasteiger partial charge in [-0.2, -0.15) is 0 Å². The average molecular weight is 195 g/mol. The Morgan fingerprint density at radius 3 is 3.00 bits per heavy atom. The van der Waals surface area contributed by atoms with E-state index in [1.165, 1.54) is 12.8 Å². The van der Waals surface area contributed by atoms with Crippen molar-refractivity contribution in [3.63, 3.8) is 0 Å². The van der Waals surface area contributed by atoms with Crippen molar-refractivity contribution < 1.29 is 4.74 Å². The van der Waals surface area contributed by atoms with Crippen LogP contribution < -0.4 is 5.32 Å². The van der Waals surface area contributed by atoms with Crippen molar-refractivity contribution in [1.29, 1.82) is 0 Å². The SMILES string of the molecule is COCc1nc(CNC2CC2)[nH]c1C. The van der Waals surface area contributed by atoms with Crippen LogP contribution >= 0.6 is 0 Å². The van der Waals surface area contributed by atoms with Crippen molar-refractivity contribution in [2.45, 2.75) is 39.0 Å². The summed E-state index contributed by atoms with van der Waals surface area (Å²) in [5, 5.41) is 3.42. The van der Waals surface area contributed by atoms with Gasteiger partial charge in [-0.1, -0.05) is 0 Å². The van der Waals surface area contributed by atoms with E-state index in [9.17, 15) is 0 Å². The second-order valence-corrected chi connectivity index (χ2v) is 3.84. The fourth-order valence-corrected chi connectivity index (χ4v) is 1.45. The van der Waals surface area contributed by atoms with E-state index in [0.717, 1.165) is 29.8 Å². The van der Waals surface area contributed by atoms with Crippen molar-refractivity contribution in [3.05, 3.63) is 17.2 Å². The Morgan fingerprint density at radius 1 is 1.57 bits per heavy atom. The van der Waals surface area contributed by atoms with Gasteiger partial charge in [-0.25, -0.2) is 4.98 Å². The second-order valence-electron chi connectivity index (χ2n) is 3.84. The standard InChI is InChI=1S/C10H17N3O/c1-7-9(6-14-2)13-10(12-7)5-11-8-3-4-8/h8,11H,3-6H2,1-2H3,(H,12,13). The topological polar surface area (TPSA) is 49.9 Å². The lowest BCUT2D eigenvalue weighted by atomic mass is 10.4. The molecule has 0 aliphatic heterocycles. The Hall–Kier alpha value is -0.870. The van der Waals surface area contributed by atoms with Gasteiger partial charge in [0.1, 0.15) is 5.82 Å². The zero-order valence-electron chi connectivity index (χ0n) is 8.76. The van der Waals surface area contributed by atoms with E-state index in [1.807, 2.05) is 6.92 Å². The number of nitrogens with one attached hydrogen (secondary N) is 2. The lowest BCUT2D eigenvalue weighted by molar-refractivity contribution is 0.181. The van der Waals surface area contributed by atoms with E-state index in [1.54, 1.807) is 7.11 Å². The first-order valence-electron chi connectivity index (χ1n) is 5.06. The number of ether oxygens (including phenoxy) is 1. The molecular formula is C10H17N3O. The molecule has 1 aromatic rings. The highest BCUT2D eigenvalue weighted by molar-refractivity contribution is 5.12. The Kier molecular flexibility index (Phi) is 2.84. The molecule has 2 rings (SSSR count). The summed E-state index contributed by atoms with van der Waals surface area (Å²) in [5.41, 5.74) is 2.12. The molecule has 0 aromatic carbocycles. The smallest absolute Gasteiger partial charge is 0.120 e. The summed E-state index contributed by atoms with van der Waals surface area (Å²) in [6.07, 6.45) is 2.62. The quantitative estimate of drug-likeness (QED) is 0.740. The normalized spacial score (nSPS) is 16.1. The molecule has 0 bridgehead atoms. The van der Waals surface area contributed by atoms with Crippen LogP contribution in [0.3, 0.4) is 0 Å². The van der Waals surface area contributed by atoms with Crippen LogP contribution in [0, 0.1) is 6.92 Å². The molecule has 78 valence electrons. The Labute approximate surface area is 84.1 Å². The molecule has 1 heterocycles. The molecule has 0 amide bonds. The summed E-state index contributed by atoms with van der Waals surface area (Å²) in [6, 6.07) is 0.728. The van der Waals surface area contributed by atoms with Gasteiger partial charge >= 0.3 is 0 Å². The first-order chi connectivity index (χ1) is 6.79. The number of H-pyrrole nitrogens is 1. The van der Waals surface area contributed by atoms with Gasteiger partial charge in [0.2, 0.25) is 0 Å². The van der Waals surface area contributed by atoms with E-state index in [4.69, 9.17) is 4.74 Å². The van der Waals surface area contributed by atoms with Crippen LogP contribution in [0.4, 0.5) is 0 Å². The maximum Gasteiger partial charge on any atom is 0.120 e. The van der Waals surface area contributed by atoms with Crippen LogP contribution in [-0.4, -0.2) is 23.1 Å². The number of aromatic amines is 1. The molecule has 1 saturated carbocycles.